The minimum absolute atomic E-state index is 0.327. The second kappa shape index (κ2) is 7.93. The lowest BCUT2D eigenvalue weighted by Crippen LogP contribution is -2.24. The maximum absolute atomic E-state index is 15.0. The topological polar surface area (TPSA) is 84.7 Å². The van der Waals surface area contributed by atoms with Gasteiger partial charge in [-0.15, -0.1) is 0 Å². The van der Waals surface area contributed by atoms with Crippen LogP contribution in [-0.2, 0) is 0 Å². The molecule has 0 saturated carbocycles. The molecule has 4 rings (SSSR count). The van der Waals surface area contributed by atoms with Crippen molar-refractivity contribution in [2.24, 2.45) is 5.73 Å². The van der Waals surface area contributed by atoms with Crippen molar-refractivity contribution in [1.29, 1.82) is 0 Å². The van der Waals surface area contributed by atoms with Gasteiger partial charge in [-0.05, 0) is 52.6 Å². The normalized spacial score (nSPS) is 12.5. The molecule has 30 heavy (non-hydrogen) atoms. The van der Waals surface area contributed by atoms with E-state index in [4.69, 9.17) is 17.3 Å². The fourth-order valence-electron chi connectivity index (χ4n) is 3.32. The van der Waals surface area contributed by atoms with E-state index in [0.29, 0.717) is 43.9 Å². The molecule has 1 aromatic carbocycles. The van der Waals surface area contributed by atoms with E-state index in [1.54, 1.807) is 36.7 Å². The van der Waals surface area contributed by atoms with E-state index in [2.05, 4.69) is 21.5 Å². The number of carbonyl (C=O) groups is 1. The highest BCUT2D eigenvalue weighted by atomic mass is 35.5. The molecule has 0 saturated heterocycles. The summed E-state index contributed by atoms with van der Waals surface area (Å²) in [5.74, 6) is -0.503. The Hall–Kier alpha value is -3.77. The minimum atomic E-state index is -0.578. The summed E-state index contributed by atoms with van der Waals surface area (Å²) >= 11 is 5.52. The largest absolute Gasteiger partial charge is 0.403 e. The molecular weight excluding hydrogens is 403 g/mol. The maximum atomic E-state index is 15.0. The van der Waals surface area contributed by atoms with Crippen LogP contribution in [0, 0.1) is 5.82 Å². The number of hydrogen-bond acceptors (Lipinski definition) is 4. The van der Waals surface area contributed by atoms with Crippen LogP contribution in [0.15, 0.2) is 61.6 Å². The van der Waals surface area contributed by atoms with Crippen LogP contribution in [-0.4, -0.2) is 20.2 Å². The molecule has 0 radical (unpaired) electrons. The standard InChI is InChI=1S/C23H16ClFN4O/c1-13(16-3-2-8-27-11-16)9-17-19(10-26)29-23-21(17)20(18(25)12-28-23)14-4-6-15(7-5-14)22(24)30/h2-12H,1,26H2,(H,28,29)/b17-9+,19-10+. The number of nitrogens with one attached hydrogen (secondary N) is 1. The number of fused-ring (bicyclic) bond motifs is 1. The van der Waals surface area contributed by atoms with Crippen LogP contribution in [0.5, 0.6) is 0 Å². The lowest BCUT2D eigenvalue weighted by molar-refractivity contribution is 0.108. The van der Waals surface area contributed by atoms with Gasteiger partial charge in [0.15, 0.2) is 0 Å². The number of hydrogen-bond donors (Lipinski definition) is 2. The van der Waals surface area contributed by atoms with Gasteiger partial charge < -0.3 is 10.7 Å². The summed E-state index contributed by atoms with van der Waals surface area (Å²) in [7, 11) is 0. The van der Waals surface area contributed by atoms with Crippen molar-refractivity contribution in [1.82, 2.24) is 15.0 Å². The lowest BCUT2D eigenvalue weighted by Gasteiger charge is -2.06. The fourth-order valence-corrected chi connectivity index (χ4v) is 3.44. The van der Waals surface area contributed by atoms with E-state index in [9.17, 15) is 9.18 Å². The Morgan fingerprint density at radius 3 is 2.57 bits per heavy atom. The van der Waals surface area contributed by atoms with Crippen molar-refractivity contribution in [3.63, 3.8) is 0 Å². The predicted octanol–water partition coefficient (Wildman–Crippen LogP) is 3.33. The number of H-pyrrole nitrogens is 1. The minimum Gasteiger partial charge on any atom is -0.403 e. The van der Waals surface area contributed by atoms with Crippen molar-refractivity contribution >= 4 is 45.7 Å². The van der Waals surface area contributed by atoms with E-state index >= 15 is 0 Å². The first-order valence-corrected chi connectivity index (χ1v) is 9.37. The van der Waals surface area contributed by atoms with Crippen LogP contribution in [0.3, 0.4) is 0 Å². The molecule has 148 valence electrons. The zero-order valence-corrected chi connectivity index (χ0v) is 16.4. The van der Waals surface area contributed by atoms with Crippen LogP contribution in [0.2, 0.25) is 0 Å². The van der Waals surface area contributed by atoms with Crippen LogP contribution in [0.4, 0.5) is 4.39 Å². The average molecular weight is 419 g/mol. The highest BCUT2D eigenvalue weighted by molar-refractivity contribution is 6.67. The van der Waals surface area contributed by atoms with Crippen molar-refractivity contribution in [3.05, 3.63) is 89.1 Å². The van der Waals surface area contributed by atoms with E-state index in [1.165, 1.54) is 6.20 Å². The van der Waals surface area contributed by atoms with Gasteiger partial charge in [0, 0.05) is 40.3 Å². The van der Waals surface area contributed by atoms with Gasteiger partial charge in [-0.2, -0.15) is 0 Å². The smallest absolute Gasteiger partial charge is 0.252 e. The van der Waals surface area contributed by atoms with Crippen molar-refractivity contribution in [2.75, 3.05) is 0 Å². The first-order chi connectivity index (χ1) is 14.5. The van der Waals surface area contributed by atoms with Gasteiger partial charge in [0.2, 0.25) is 0 Å². The van der Waals surface area contributed by atoms with Crippen LogP contribution < -0.4 is 16.3 Å². The number of aromatic nitrogens is 3. The summed E-state index contributed by atoms with van der Waals surface area (Å²) in [4.78, 5) is 22.8. The Bertz CT molecular complexity index is 1390. The first kappa shape index (κ1) is 19.5. The SMILES string of the molecule is C=C(/C=c1\c(=C/N)[nH]c2ncc(F)c(-c3ccc(C(=O)Cl)cc3)c12)c1cccnc1. The second-order valence-electron chi connectivity index (χ2n) is 6.59. The van der Waals surface area contributed by atoms with Crippen molar-refractivity contribution in [2.45, 2.75) is 0 Å². The van der Waals surface area contributed by atoms with E-state index in [-0.39, 0.29) is 0 Å². The Balaban J connectivity index is 2.02. The highest BCUT2D eigenvalue weighted by Crippen LogP contribution is 2.28. The molecule has 0 aliphatic heterocycles. The maximum Gasteiger partial charge on any atom is 0.252 e. The van der Waals surface area contributed by atoms with Gasteiger partial charge in [0.1, 0.15) is 11.5 Å². The zero-order chi connectivity index (χ0) is 21.3. The van der Waals surface area contributed by atoms with Crippen LogP contribution in [0.1, 0.15) is 15.9 Å². The Morgan fingerprint density at radius 2 is 1.93 bits per heavy atom. The fraction of sp³-hybridized carbons (Fsp3) is 0. The molecule has 3 heterocycles. The molecule has 7 heteroatoms. The van der Waals surface area contributed by atoms with E-state index in [1.807, 2.05) is 18.2 Å². The third-order valence-corrected chi connectivity index (χ3v) is 4.98. The number of halogens is 2. The predicted molar refractivity (Wildman–Crippen MR) is 117 cm³/mol. The van der Waals surface area contributed by atoms with Gasteiger partial charge >= 0.3 is 0 Å². The molecule has 5 nitrogen and oxygen atoms in total. The Morgan fingerprint density at radius 1 is 1.17 bits per heavy atom. The van der Waals surface area contributed by atoms with Gasteiger partial charge in [-0.25, -0.2) is 9.37 Å². The molecule has 0 fully saturated rings. The molecule has 4 aromatic rings. The molecule has 0 bridgehead atoms. The molecule has 0 spiro atoms. The lowest BCUT2D eigenvalue weighted by atomic mass is 9.99. The number of nitrogens with two attached hydrogens (primary N) is 1. The third kappa shape index (κ3) is 3.49. The summed E-state index contributed by atoms with van der Waals surface area (Å²) in [6, 6.07) is 10.1. The molecule has 3 N–H and O–H groups in total. The number of aromatic amines is 1. The Kier molecular flexibility index (Phi) is 5.16. The number of rotatable bonds is 4. The average Bonchev–Trinajstić information content (AvgIpc) is 3.12. The summed E-state index contributed by atoms with van der Waals surface area (Å²) in [6.07, 6.45) is 7.74. The third-order valence-electron chi connectivity index (χ3n) is 4.76. The van der Waals surface area contributed by atoms with Crippen molar-refractivity contribution < 1.29 is 9.18 Å². The van der Waals surface area contributed by atoms with Crippen molar-refractivity contribution in [3.8, 4) is 11.1 Å². The first-order valence-electron chi connectivity index (χ1n) is 8.99. The zero-order valence-electron chi connectivity index (χ0n) is 15.7. The number of carbonyl (C=O) groups excluding carboxylic acids is 1. The number of benzene rings is 1. The van der Waals surface area contributed by atoms with E-state index < -0.39 is 11.1 Å². The number of allylic oxidation sites excluding steroid dienone is 1. The second-order valence-corrected chi connectivity index (χ2v) is 6.93. The molecule has 0 aliphatic carbocycles. The van der Waals surface area contributed by atoms with Crippen LogP contribution in [0.25, 0.3) is 40.0 Å². The molecule has 0 atom stereocenters. The molecule has 0 unspecified atom stereocenters. The summed E-state index contributed by atoms with van der Waals surface area (Å²) in [5.41, 5.74) is 9.04. The summed E-state index contributed by atoms with van der Waals surface area (Å²) in [5, 5.41) is 1.22. The van der Waals surface area contributed by atoms with E-state index in [0.717, 1.165) is 11.8 Å². The van der Waals surface area contributed by atoms with Gasteiger partial charge in [0.05, 0.1) is 11.5 Å². The van der Waals surface area contributed by atoms with Gasteiger partial charge in [-0.1, -0.05) is 24.8 Å². The van der Waals surface area contributed by atoms with Gasteiger partial charge in [0.25, 0.3) is 5.24 Å². The monoisotopic (exact) mass is 418 g/mol. The highest BCUT2D eigenvalue weighted by Gasteiger charge is 2.15. The number of nitrogens with zero attached hydrogens (tertiary/aromatic N) is 2. The summed E-state index contributed by atoms with van der Waals surface area (Å²) < 4.78 is 15.0. The molecule has 0 amide bonds. The summed E-state index contributed by atoms with van der Waals surface area (Å²) in [6.45, 7) is 4.11. The molecular formula is C23H16ClFN4O. The number of pyridine rings is 2. The van der Waals surface area contributed by atoms with Gasteiger partial charge in [-0.3, -0.25) is 9.78 Å². The quantitative estimate of drug-likeness (QED) is 0.498. The molecule has 3 aromatic heterocycles. The van der Waals surface area contributed by atoms with Crippen LogP contribution >= 0.6 is 11.6 Å². The molecule has 0 aliphatic rings. The Labute approximate surface area is 176 Å².